The summed E-state index contributed by atoms with van der Waals surface area (Å²) in [5.74, 6) is 1.32. The van der Waals surface area contributed by atoms with Crippen molar-refractivity contribution in [2.75, 3.05) is 27.9 Å². The van der Waals surface area contributed by atoms with Gasteiger partial charge in [0.25, 0.3) is 0 Å². The third kappa shape index (κ3) is 3.09. The molecule has 0 aliphatic carbocycles. The molecule has 1 rings (SSSR count). The lowest BCUT2D eigenvalue weighted by Gasteiger charge is -2.23. The van der Waals surface area contributed by atoms with E-state index in [2.05, 4.69) is 5.32 Å². The van der Waals surface area contributed by atoms with Gasteiger partial charge < -0.3 is 25.6 Å². The SMILES string of the molecule is CNC(c1ccc(OC)c(OC)c1)C(N)CO. The van der Waals surface area contributed by atoms with Gasteiger partial charge in [0.05, 0.1) is 20.8 Å². The number of aliphatic hydroxyl groups is 1. The highest BCUT2D eigenvalue weighted by atomic mass is 16.5. The van der Waals surface area contributed by atoms with Crippen molar-refractivity contribution in [3.8, 4) is 11.5 Å². The van der Waals surface area contributed by atoms with Crippen molar-refractivity contribution in [1.29, 1.82) is 0 Å². The van der Waals surface area contributed by atoms with Gasteiger partial charge >= 0.3 is 0 Å². The summed E-state index contributed by atoms with van der Waals surface area (Å²) in [5, 5.41) is 12.2. The van der Waals surface area contributed by atoms with E-state index in [-0.39, 0.29) is 18.7 Å². The molecule has 0 amide bonds. The van der Waals surface area contributed by atoms with E-state index < -0.39 is 0 Å². The molecule has 5 nitrogen and oxygen atoms in total. The Kier molecular flexibility index (Phi) is 5.21. The monoisotopic (exact) mass is 240 g/mol. The van der Waals surface area contributed by atoms with Gasteiger partial charge in [-0.2, -0.15) is 0 Å². The summed E-state index contributed by atoms with van der Waals surface area (Å²) in [7, 11) is 4.98. The minimum absolute atomic E-state index is 0.0835. The fourth-order valence-corrected chi connectivity index (χ4v) is 1.78. The second-order valence-electron chi connectivity index (χ2n) is 3.73. The summed E-state index contributed by atoms with van der Waals surface area (Å²) >= 11 is 0. The Balaban J connectivity index is 3.04. The predicted molar refractivity (Wildman–Crippen MR) is 66.4 cm³/mol. The number of rotatable bonds is 6. The van der Waals surface area contributed by atoms with Crippen LogP contribution in [-0.2, 0) is 0 Å². The highest BCUT2D eigenvalue weighted by Crippen LogP contribution is 2.30. The van der Waals surface area contributed by atoms with Crippen molar-refractivity contribution < 1.29 is 14.6 Å². The molecule has 4 N–H and O–H groups in total. The van der Waals surface area contributed by atoms with Gasteiger partial charge in [0, 0.05) is 12.1 Å². The Hall–Kier alpha value is -1.30. The van der Waals surface area contributed by atoms with Crippen molar-refractivity contribution in [3.05, 3.63) is 23.8 Å². The maximum Gasteiger partial charge on any atom is 0.161 e. The van der Waals surface area contributed by atoms with Crippen LogP contribution in [0.3, 0.4) is 0 Å². The molecule has 96 valence electrons. The predicted octanol–water partition coefficient (Wildman–Crippen LogP) is 0.284. The quantitative estimate of drug-likeness (QED) is 0.666. The molecule has 0 heterocycles. The van der Waals surface area contributed by atoms with Crippen LogP contribution < -0.4 is 20.5 Å². The Morgan fingerprint density at radius 3 is 2.41 bits per heavy atom. The lowest BCUT2D eigenvalue weighted by atomic mass is 10.00. The zero-order valence-electron chi connectivity index (χ0n) is 10.4. The van der Waals surface area contributed by atoms with E-state index in [0.29, 0.717) is 11.5 Å². The lowest BCUT2D eigenvalue weighted by Crippen LogP contribution is -2.38. The van der Waals surface area contributed by atoms with E-state index in [1.165, 1.54) is 0 Å². The molecule has 0 saturated heterocycles. The molecular formula is C12H20N2O3. The van der Waals surface area contributed by atoms with Gasteiger partial charge in [-0.1, -0.05) is 6.07 Å². The molecule has 2 unspecified atom stereocenters. The maximum absolute atomic E-state index is 9.10. The number of nitrogens with one attached hydrogen (secondary N) is 1. The molecule has 0 saturated carbocycles. The van der Waals surface area contributed by atoms with Gasteiger partial charge in [-0.05, 0) is 24.7 Å². The number of likely N-dealkylation sites (N-methyl/N-ethyl adjacent to an activating group) is 1. The lowest BCUT2D eigenvalue weighted by molar-refractivity contribution is 0.240. The second-order valence-corrected chi connectivity index (χ2v) is 3.73. The van der Waals surface area contributed by atoms with Gasteiger partial charge in [-0.25, -0.2) is 0 Å². The highest BCUT2D eigenvalue weighted by Gasteiger charge is 2.18. The number of hydrogen-bond acceptors (Lipinski definition) is 5. The summed E-state index contributed by atoms with van der Waals surface area (Å²) in [6.45, 7) is -0.0835. The fourth-order valence-electron chi connectivity index (χ4n) is 1.78. The molecule has 0 aromatic heterocycles. The van der Waals surface area contributed by atoms with Crippen LogP contribution in [0.4, 0.5) is 0 Å². The van der Waals surface area contributed by atoms with Crippen LogP contribution in [-0.4, -0.2) is 39.0 Å². The molecule has 0 fully saturated rings. The van der Waals surface area contributed by atoms with Crippen molar-refractivity contribution in [2.24, 2.45) is 5.73 Å². The van der Waals surface area contributed by atoms with Crippen molar-refractivity contribution in [3.63, 3.8) is 0 Å². The molecule has 0 aliphatic rings. The Morgan fingerprint density at radius 1 is 1.29 bits per heavy atom. The van der Waals surface area contributed by atoms with E-state index in [9.17, 15) is 0 Å². The molecular weight excluding hydrogens is 220 g/mol. The van der Waals surface area contributed by atoms with Crippen LogP contribution >= 0.6 is 0 Å². The van der Waals surface area contributed by atoms with Gasteiger partial charge in [-0.15, -0.1) is 0 Å². The molecule has 1 aromatic rings. The minimum atomic E-state index is -0.363. The van der Waals surface area contributed by atoms with Crippen LogP contribution in [0.5, 0.6) is 11.5 Å². The average Bonchev–Trinajstić information content (AvgIpc) is 2.38. The van der Waals surface area contributed by atoms with E-state index >= 15 is 0 Å². The first-order valence-corrected chi connectivity index (χ1v) is 5.43. The zero-order chi connectivity index (χ0) is 12.8. The smallest absolute Gasteiger partial charge is 0.161 e. The molecule has 0 spiro atoms. The molecule has 5 heteroatoms. The first kappa shape index (κ1) is 13.8. The van der Waals surface area contributed by atoms with E-state index in [1.807, 2.05) is 18.2 Å². The molecule has 2 atom stereocenters. The summed E-state index contributed by atoms with van der Waals surface area (Å²) in [6, 6.07) is 5.09. The summed E-state index contributed by atoms with van der Waals surface area (Å²) < 4.78 is 10.4. The van der Waals surface area contributed by atoms with Crippen LogP contribution in [0.2, 0.25) is 0 Å². The van der Waals surface area contributed by atoms with Crippen LogP contribution in [0.1, 0.15) is 11.6 Å². The molecule has 0 bridgehead atoms. The second kappa shape index (κ2) is 6.44. The van der Waals surface area contributed by atoms with Crippen molar-refractivity contribution in [1.82, 2.24) is 5.32 Å². The first-order valence-electron chi connectivity index (χ1n) is 5.43. The highest BCUT2D eigenvalue weighted by molar-refractivity contribution is 5.44. The van der Waals surface area contributed by atoms with Crippen molar-refractivity contribution in [2.45, 2.75) is 12.1 Å². The number of ether oxygens (including phenoxy) is 2. The topological polar surface area (TPSA) is 76.7 Å². The van der Waals surface area contributed by atoms with Crippen molar-refractivity contribution >= 4 is 0 Å². The summed E-state index contributed by atoms with van der Waals surface area (Å²) in [6.07, 6.45) is 0. The van der Waals surface area contributed by atoms with E-state index in [4.69, 9.17) is 20.3 Å². The zero-order valence-corrected chi connectivity index (χ0v) is 10.4. The number of nitrogens with two attached hydrogens (primary N) is 1. The largest absolute Gasteiger partial charge is 0.493 e. The number of aliphatic hydroxyl groups excluding tert-OH is 1. The third-order valence-corrected chi connectivity index (χ3v) is 2.72. The Morgan fingerprint density at radius 2 is 1.94 bits per heavy atom. The molecule has 0 radical (unpaired) electrons. The Labute approximate surface area is 102 Å². The normalized spacial score (nSPS) is 14.2. The van der Waals surface area contributed by atoms with Gasteiger partial charge in [-0.3, -0.25) is 0 Å². The molecule has 17 heavy (non-hydrogen) atoms. The number of methoxy groups -OCH3 is 2. The summed E-state index contributed by atoms with van der Waals surface area (Å²) in [5.41, 5.74) is 6.79. The maximum atomic E-state index is 9.10. The first-order chi connectivity index (χ1) is 8.17. The average molecular weight is 240 g/mol. The van der Waals surface area contributed by atoms with Crippen LogP contribution in [0.15, 0.2) is 18.2 Å². The molecule has 0 aliphatic heterocycles. The Bertz CT molecular complexity index is 358. The van der Waals surface area contributed by atoms with E-state index in [0.717, 1.165) is 5.56 Å². The fraction of sp³-hybridized carbons (Fsp3) is 0.500. The van der Waals surface area contributed by atoms with Gasteiger partial charge in [0.15, 0.2) is 11.5 Å². The van der Waals surface area contributed by atoms with E-state index in [1.54, 1.807) is 21.3 Å². The van der Waals surface area contributed by atoms with Gasteiger partial charge in [0.1, 0.15) is 0 Å². The number of benzene rings is 1. The standard InChI is InChI=1S/C12H20N2O3/c1-14-12(9(13)7-15)8-4-5-10(16-2)11(6-8)17-3/h4-6,9,12,14-15H,7,13H2,1-3H3. The van der Waals surface area contributed by atoms with Gasteiger partial charge in [0.2, 0.25) is 0 Å². The number of hydrogen-bond donors (Lipinski definition) is 3. The third-order valence-electron chi connectivity index (χ3n) is 2.72. The minimum Gasteiger partial charge on any atom is -0.493 e. The van der Waals surface area contributed by atoms with Crippen LogP contribution in [0, 0.1) is 0 Å². The van der Waals surface area contributed by atoms with Crippen LogP contribution in [0.25, 0.3) is 0 Å². The summed E-state index contributed by atoms with van der Waals surface area (Å²) in [4.78, 5) is 0. The molecule has 1 aromatic carbocycles.